The summed E-state index contributed by atoms with van der Waals surface area (Å²) in [4.78, 5) is 4.34. The van der Waals surface area contributed by atoms with Crippen LogP contribution in [0.25, 0.3) is 0 Å². The van der Waals surface area contributed by atoms with Crippen molar-refractivity contribution in [3.63, 3.8) is 0 Å². The average Bonchev–Trinajstić information content (AvgIpc) is 2.46. The highest BCUT2D eigenvalue weighted by Crippen LogP contribution is 2.21. The fraction of sp³-hybridized carbons (Fsp3) is 0.312. The van der Waals surface area contributed by atoms with Gasteiger partial charge < -0.3 is 15.8 Å². The number of nitrogen functional groups attached to an aromatic ring is 1. The van der Waals surface area contributed by atoms with Gasteiger partial charge in [0.15, 0.2) is 0 Å². The van der Waals surface area contributed by atoms with Crippen molar-refractivity contribution in [2.24, 2.45) is 5.92 Å². The van der Waals surface area contributed by atoms with E-state index in [2.05, 4.69) is 24.1 Å². The van der Waals surface area contributed by atoms with Crippen LogP contribution in [-0.4, -0.2) is 11.6 Å². The van der Waals surface area contributed by atoms with Gasteiger partial charge in [-0.2, -0.15) is 4.98 Å². The van der Waals surface area contributed by atoms with E-state index in [9.17, 15) is 4.39 Å². The van der Waals surface area contributed by atoms with Crippen LogP contribution in [0.3, 0.4) is 0 Å². The van der Waals surface area contributed by atoms with Gasteiger partial charge in [-0.15, -0.1) is 0 Å². The Kier molecular flexibility index (Phi) is 4.98. The summed E-state index contributed by atoms with van der Waals surface area (Å²) in [5.74, 6) is 1.27. The maximum absolute atomic E-state index is 12.8. The van der Waals surface area contributed by atoms with Gasteiger partial charge in [0, 0.05) is 6.54 Å². The fourth-order valence-electron chi connectivity index (χ4n) is 1.71. The first-order chi connectivity index (χ1) is 10.0. The normalized spacial score (nSPS) is 10.7. The van der Waals surface area contributed by atoms with Crippen LogP contribution in [0, 0.1) is 11.7 Å². The van der Waals surface area contributed by atoms with E-state index in [1.54, 1.807) is 24.3 Å². The summed E-state index contributed by atoms with van der Waals surface area (Å²) >= 11 is 0. The number of nitrogens with one attached hydrogen (secondary N) is 1. The Bertz CT molecular complexity index is 585. The first kappa shape index (κ1) is 15.1. The number of ether oxygens (including phenoxy) is 1. The van der Waals surface area contributed by atoms with Crippen molar-refractivity contribution in [1.29, 1.82) is 0 Å². The van der Waals surface area contributed by atoms with Crippen molar-refractivity contribution >= 4 is 11.5 Å². The molecular formula is C16H20FN3O. The van der Waals surface area contributed by atoms with Gasteiger partial charge in [-0.3, -0.25) is 0 Å². The van der Waals surface area contributed by atoms with Gasteiger partial charge in [0.05, 0.1) is 12.3 Å². The van der Waals surface area contributed by atoms with Gasteiger partial charge in [-0.1, -0.05) is 26.0 Å². The molecule has 1 heterocycles. The van der Waals surface area contributed by atoms with Crippen LogP contribution in [-0.2, 0) is 6.54 Å². The third-order valence-electron chi connectivity index (χ3n) is 2.83. The number of nitrogens with zero attached hydrogens (tertiary/aromatic N) is 1. The van der Waals surface area contributed by atoms with Crippen molar-refractivity contribution in [1.82, 2.24) is 4.98 Å². The molecule has 2 rings (SSSR count). The van der Waals surface area contributed by atoms with Gasteiger partial charge >= 0.3 is 0 Å². The molecule has 0 amide bonds. The van der Waals surface area contributed by atoms with Crippen molar-refractivity contribution in [2.45, 2.75) is 20.4 Å². The Hall–Kier alpha value is -2.30. The lowest BCUT2D eigenvalue weighted by molar-refractivity contribution is 0.263. The van der Waals surface area contributed by atoms with Gasteiger partial charge in [-0.05, 0) is 35.7 Å². The van der Waals surface area contributed by atoms with Gasteiger partial charge in [0.25, 0.3) is 0 Å². The number of nitrogens with two attached hydrogens (primary N) is 1. The smallest absolute Gasteiger partial charge is 0.239 e. The van der Waals surface area contributed by atoms with Crippen molar-refractivity contribution in [2.75, 3.05) is 17.7 Å². The molecule has 0 aliphatic carbocycles. The second kappa shape index (κ2) is 6.92. The maximum Gasteiger partial charge on any atom is 0.239 e. The molecule has 0 unspecified atom stereocenters. The molecule has 1 aromatic carbocycles. The standard InChI is InChI=1S/C16H20FN3O/c1-11(2)10-21-16-14(18)7-8-15(20-16)19-9-12-3-5-13(17)6-4-12/h3-8,11H,9-10,18H2,1-2H3,(H,19,20). The molecule has 0 saturated carbocycles. The lowest BCUT2D eigenvalue weighted by Gasteiger charge is -2.12. The topological polar surface area (TPSA) is 60.2 Å². The zero-order valence-corrected chi connectivity index (χ0v) is 12.3. The molecule has 21 heavy (non-hydrogen) atoms. The minimum atomic E-state index is -0.242. The first-order valence-corrected chi connectivity index (χ1v) is 6.92. The third-order valence-corrected chi connectivity index (χ3v) is 2.83. The van der Waals surface area contributed by atoms with E-state index < -0.39 is 0 Å². The van der Waals surface area contributed by atoms with E-state index in [0.717, 1.165) is 5.56 Å². The van der Waals surface area contributed by atoms with Gasteiger partial charge in [0.2, 0.25) is 5.88 Å². The molecule has 2 aromatic rings. The summed E-state index contributed by atoms with van der Waals surface area (Å²) in [5, 5.41) is 3.17. The number of hydrogen-bond acceptors (Lipinski definition) is 4. The Labute approximate surface area is 124 Å². The molecule has 0 saturated heterocycles. The van der Waals surface area contributed by atoms with Crippen LogP contribution < -0.4 is 15.8 Å². The van der Waals surface area contributed by atoms with Crippen LogP contribution in [0.2, 0.25) is 0 Å². The number of hydrogen-bond donors (Lipinski definition) is 2. The molecule has 0 bridgehead atoms. The van der Waals surface area contributed by atoms with Crippen LogP contribution in [0.1, 0.15) is 19.4 Å². The van der Waals surface area contributed by atoms with Crippen LogP contribution in [0.15, 0.2) is 36.4 Å². The van der Waals surface area contributed by atoms with E-state index in [-0.39, 0.29) is 5.82 Å². The van der Waals surface area contributed by atoms with E-state index in [4.69, 9.17) is 10.5 Å². The Morgan fingerprint density at radius 3 is 2.57 bits per heavy atom. The minimum Gasteiger partial charge on any atom is -0.476 e. The van der Waals surface area contributed by atoms with Crippen LogP contribution >= 0.6 is 0 Å². The molecule has 112 valence electrons. The van der Waals surface area contributed by atoms with E-state index in [1.807, 2.05) is 0 Å². The Balaban J connectivity index is 1.99. The second-order valence-corrected chi connectivity index (χ2v) is 5.28. The predicted octanol–water partition coefficient (Wildman–Crippen LogP) is 3.45. The molecule has 3 N–H and O–H groups in total. The third kappa shape index (κ3) is 4.63. The lowest BCUT2D eigenvalue weighted by Crippen LogP contribution is -2.09. The Morgan fingerprint density at radius 2 is 1.90 bits per heavy atom. The minimum absolute atomic E-state index is 0.242. The summed E-state index contributed by atoms with van der Waals surface area (Å²) in [5.41, 5.74) is 7.33. The van der Waals surface area contributed by atoms with Crippen molar-refractivity contribution < 1.29 is 9.13 Å². The molecule has 0 fully saturated rings. The molecule has 1 aromatic heterocycles. The molecule has 0 spiro atoms. The van der Waals surface area contributed by atoms with Crippen molar-refractivity contribution in [3.8, 4) is 5.88 Å². The summed E-state index contributed by atoms with van der Waals surface area (Å²) in [6, 6.07) is 9.89. The lowest BCUT2D eigenvalue weighted by atomic mass is 10.2. The molecule has 0 aliphatic rings. The summed E-state index contributed by atoms with van der Waals surface area (Å²) in [6.07, 6.45) is 0. The van der Waals surface area contributed by atoms with E-state index >= 15 is 0 Å². The highest BCUT2D eigenvalue weighted by atomic mass is 19.1. The SMILES string of the molecule is CC(C)COc1nc(NCc2ccc(F)cc2)ccc1N. The number of benzene rings is 1. The first-order valence-electron chi connectivity index (χ1n) is 6.92. The van der Waals surface area contributed by atoms with Crippen molar-refractivity contribution in [3.05, 3.63) is 47.8 Å². The zero-order valence-electron chi connectivity index (χ0n) is 12.3. The molecular weight excluding hydrogens is 269 g/mol. The molecule has 0 aliphatic heterocycles. The number of pyridine rings is 1. The molecule has 0 atom stereocenters. The molecule has 0 radical (unpaired) electrons. The quantitative estimate of drug-likeness (QED) is 0.855. The second-order valence-electron chi connectivity index (χ2n) is 5.28. The largest absolute Gasteiger partial charge is 0.476 e. The van der Waals surface area contributed by atoms with E-state index in [1.165, 1.54) is 12.1 Å². The monoisotopic (exact) mass is 289 g/mol. The predicted molar refractivity (Wildman–Crippen MR) is 82.7 cm³/mol. The Morgan fingerprint density at radius 1 is 1.19 bits per heavy atom. The number of aromatic nitrogens is 1. The van der Waals surface area contributed by atoms with Gasteiger partial charge in [0.1, 0.15) is 11.6 Å². The van der Waals surface area contributed by atoms with Crippen LogP contribution in [0.4, 0.5) is 15.9 Å². The average molecular weight is 289 g/mol. The maximum atomic E-state index is 12.8. The fourth-order valence-corrected chi connectivity index (χ4v) is 1.71. The summed E-state index contributed by atoms with van der Waals surface area (Å²) < 4.78 is 18.4. The molecule has 5 heteroatoms. The highest BCUT2D eigenvalue weighted by Gasteiger charge is 2.06. The highest BCUT2D eigenvalue weighted by molar-refractivity contribution is 5.53. The molecule has 4 nitrogen and oxygen atoms in total. The van der Waals surface area contributed by atoms with E-state index in [0.29, 0.717) is 36.5 Å². The summed E-state index contributed by atoms with van der Waals surface area (Å²) in [6.45, 7) is 5.25. The number of halogens is 1. The number of rotatable bonds is 6. The zero-order chi connectivity index (χ0) is 15.2. The van der Waals surface area contributed by atoms with Gasteiger partial charge in [-0.25, -0.2) is 4.39 Å². The summed E-state index contributed by atoms with van der Waals surface area (Å²) in [7, 11) is 0. The van der Waals surface area contributed by atoms with Crippen LogP contribution in [0.5, 0.6) is 5.88 Å². The number of anilines is 2.